The minimum Gasteiger partial charge on any atom is -0.466 e. The van der Waals surface area contributed by atoms with Crippen LogP contribution in [0.3, 0.4) is 0 Å². The van der Waals surface area contributed by atoms with Crippen LogP contribution in [-0.2, 0) is 25.8 Å². The largest absolute Gasteiger partial charge is 0.466 e. The number of aromatic nitrogens is 3. The smallest absolute Gasteiger partial charge is 0.307 e. The maximum atomic E-state index is 14.5. The van der Waals surface area contributed by atoms with Crippen molar-refractivity contribution < 1.29 is 9.53 Å². The molecule has 5 heteroatoms. The molecule has 3 unspecified atom stereocenters. The zero-order valence-electron chi connectivity index (χ0n) is 35.0. The Morgan fingerprint density at radius 3 is 1.29 bits per heavy atom. The highest BCUT2D eigenvalue weighted by molar-refractivity contribution is 5.93. The lowest BCUT2D eigenvalue weighted by Crippen LogP contribution is -2.44. The average molecular weight is 804 g/mol. The molecule has 0 aliphatic heterocycles. The van der Waals surface area contributed by atoms with E-state index in [0.717, 1.165) is 91.3 Å². The summed E-state index contributed by atoms with van der Waals surface area (Å²) >= 11 is 0. The number of pyridine rings is 3. The van der Waals surface area contributed by atoms with Crippen LogP contribution in [-0.4, -0.2) is 27.5 Å². The highest BCUT2D eigenvalue weighted by atomic mass is 16.5. The molecule has 0 fully saturated rings. The summed E-state index contributed by atoms with van der Waals surface area (Å²) in [7, 11) is 0. The Hall–Kier alpha value is -6.98. The lowest BCUT2D eigenvalue weighted by molar-refractivity contribution is -0.144. The summed E-state index contributed by atoms with van der Waals surface area (Å²) in [6.07, 6.45) is 3.39. The fraction of sp³-hybridized carbons (Fsp3) is 0.193. The van der Waals surface area contributed by atoms with Gasteiger partial charge in [0.1, 0.15) is 0 Å². The van der Waals surface area contributed by atoms with E-state index in [4.69, 9.17) is 19.7 Å². The van der Waals surface area contributed by atoms with Crippen LogP contribution in [0.1, 0.15) is 79.3 Å². The molecule has 12 rings (SSSR count). The maximum Gasteiger partial charge on any atom is 0.307 e. The van der Waals surface area contributed by atoms with Crippen molar-refractivity contribution >= 4 is 38.7 Å². The van der Waals surface area contributed by atoms with Gasteiger partial charge in [-0.25, -0.2) is 15.0 Å². The van der Waals surface area contributed by atoms with Gasteiger partial charge in [0.15, 0.2) is 0 Å². The minimum absolute atomic E-state index is 0.172. The van der Waals surface area contributed by atoms with Crippen molar-refractivity contribution in [3.05, 3.63) is 197 Å². The Balaban J connectivity index is 1.21. The highest BCUT2D eigenvalue weighted by Gasteiger charge is 2.59. The number of para-hydroxylation sites is 3. The van der Waals surface area contributed by atoms with Crippen molar-refractivity contribution in [1.82, 2.24) is 15.0 Å². The normalized spacial score (nSPS) is 20.1. The summed E-state index contributed by atoms with van der Waals surface area (Å²) in [4.78, 5) is 31.0. The number of hydrogen-bond acceptors (Lipinski definition) is 5. The van der Waals surface area contributed by atoms with Crippen molar-refractivity contribution in [1.29, 1.82) is 0 Å². The first-order chi connectivity index (χ1) is 30.5. The molecule has 3 atom stereocenters. The van der Waals surface area contributed by atoms with E-state index in [9.17, 15) is 4.79 Å². The van der Waals surface area contributed by atoms with Crippen LogP contribution in [0.15, 0.2) is 164 Å². The Kier molecular flexibility index (Phi) is 8.18. The number of nitrogens with zero attached hydrogens (tertiary/aromatic N) is 3. The second-order valence-electron chi connectivity index (χ2n) is 17.7. The second kappa shape index (κ2) is 13.8. The molecule has 0 amide bonds. The van der Waals surface area contributed by atoms with Gasteiger partial charge in [-0.15, -0.1) is 0 Å². The van der Waals surface area contributed by atoms with Gasteiger partial charge in [-0.2, -0.15) is 0 Å². The van der Waals surface area contributed by atoms with Crippen LogP contribution in [0.25, 0.3) is 66.5 Å². The average Bonchev–Trinajstić information content (AvgIpc) is 3.82. The van der Waals surface area contributed by atoms with Crippen molar-refractivity contribution in [2.45, 2.75) is 62.2 Å². The molecule has 0 bridgehead atoms. The van der Waals surface area contributed by atoms with Gasteiger partial charge in [0, 0.05) is 49.1 Å². The van der Waals surface area contributed by atoms with Crippen LogP contribution >= 0.6 is 0 Å². The summed E-state index contributed by atoms with van der Waals surface area (Å²) < 4.78 is 5.99. The van der Waals surface area contributed by atoms with E-state index >= 15 is 0 Å². The lowest BCUT2D eigenvalue weighted by Gasteiger charge is -2.47. The number of esters is 1. The van der Waals surface area contributed by atoms with Gasteiger partial charge in [-0.1, -0.05) is 141 Å². The third-order valence-corrected chi connectivity index (χ3v) is 14.4. The molecule has 6 aromatic carbocycles. The van der Waals surface area contributed by atoms with Crippen LogP contribution in [0, 0.1) is 0 Å². The summed E-state index contributed by atoms with van der Waals surface area (Å²) in [5.74, 6) is -0.211. The van der Waals surface area contributed by atoms with Gasteiger partial charge in [-0.3, -0.25) is 4.79 Å². The fourth-order valence-electron chi connectivity index (χ4n) is 12.2. The monoisotopic (exact) mass is 803 g/mol. The maximum absolute atomic E-state index is 14.5. The third-order valence-electron chi connectivity index (χ3n) is 14.4. The Bertz CT molecular complexity index is 3320. The zero-order valence-corrected chi connectivity index (χ0v) is 35.0. The van der Waals surface area contributed by atoms with E-state index in [2.05, 4.69) is 171 Å². The molecule has 0 N–H and O–H groups in total. The van der Waals surface area contributed by atoms with E-state index in [1.807, 2.05) is 6.92 Å². The first-order valence-corrected chi connectivity index (χ1v) is 22.1. The molecule has 5 nitrogen and oxygen atoms in total. The summed E-state index contributed by atoms with van der Waals surface area (Å²) in [6.45, 7) is 4.52. The number of carbonyl (C=O) groups excluding carboxylic acids is 1. The molecule has 9 aromatic rings. The molecule has 62 heavy (non-hydrogen) atoms. The first kappa shape index (κ1) is 36.8. The zero-order chi connectivity index (χ0) is 41.6. The molecular weight excluding hydrogens is 759 g/mol. The van der Waals surface area contributed by atoms with Crippen LogP contribution < -0.4 is 0 Å². The van der Waals surface area contributed by atoms with Gasteiger partial charge < -0.3 is 4.74 Å². The van der Waals surface area contributed by atoms with Crippen molar-refractivity contribution in [3.8, 4) is 33.8 Å². The van der Waals surface area contributed by atoms with Gasteiger partial charge in [0.2, 0.25) is 0 Å². The molecule has 0 radical (unpaired) electrons. The summed E-state index contributed by atoms with van der Waals surface area (Å²) in [5, 5.41) is 3.30. The number of fused-ring (bicyclic) bond motifs is 12. The molecule has 3 aliphatic carbocycles. The van der Waals surface area contributed by atoms with E-state index in [1.165, 1.54) is 27.8 Å². The summed E-state index contributed by atoms with van der Waals surface area (Å²) in [5.41, 5.74) is 14.7. The minimum atomic E-state index is -0.814. The van der Waals surface area contributed by atoms with Gasteiger partial charge >= 0.3 is 5.97 Å². The second-order valence-corrected chi connectivity index (χ2v) is 17.7. The molecule has 0 spiro atoms. The number of hydrogen-bond donors (Lipinski definition) is 0. The quantitative estimate of drug-likeness (QED) is 0.136. The van der Waals surface area contributed by atoms with Crippen LogP contribution in [0.2, 0.25) is 0 Å². The highest BCUT2D eigenvalue weighted by Crippen LogP contribution is 2.66. The standard InChI is InChI=1S/C57H45N3O2/c1-3-29-55(42-23-11-8-20-39(42)52-45(55)30-36-17-5-14-26-48(36)58-52)34-57(44-25-13-10-22-41(44)54-47(57)32-38-19-7-16-28-50(38)60-54)35-56(33-51(61)62-4-2)43-24-12-9-21-40(43)53-46(56)31-37-18-6-15-27-49(37)59-53/h5-28,30-32H,3-4,29,33-35H2,1-2H3. The number of ether oxygens (including phenoxy) is 1. The van der Waals surface area contributed by atoms with Gasteiger partial charge in [0.05, 0.1) is 46.7 Å². The topological polar surface area (TPSA) is 65.0 Å². The van der Waals surface area contributed by atoms with Crippen molar-refractivity contribution in [2.75, 3.05) is 6.61 Å². The molecule has 3 aromatic heterocycles. The number of rotatable bonds is 9. The van der Waals surface area contributed by atoms with Gasteiger partial charge in [-0.05, 0) is 96.0 Å². The number of carbonyl (C=O) groups is 1. The SMILES string of the molecule is CCCC1(CC2(CC3(CC(=O)OCC)c4ccccc4-c4nc5ccccc5cc43)c3ccccc3-c3nc4ccccc4cc32)c2ccccc2-c2nc3ccccc3cc21. The molecule has 3 heterocycles. The molecule has 0 saturated heterocycles. The predicted octanol–water partition coefficient (Wildman–Crippen LogP) is 13.1. The van der Waals surface area contributed by atoms with E-state index in [0.29, 0.717) is 13.0 Å². The van der Waals surface area contributed by atoms with E-state index in [-0.39, 0.29) is 12.4 Å². The van der Waals surface area contributed by atoms with Gasteiger partial charge in [0.25, 0.3) is 0 Å². The predicted molar refractivity (Wildman–Crippen MR) is 249 cm³/mol. The molecule has 0 saturated carbocycles. The molecule has 3 aliphatic rings. The molecule has 300 valence electrons. The Morgan fingerprint density at radius 1 is 0.452 bits per heavy atom. The summed E-state index contributed by atoms with van der Waals surface area (Å²) in [6, 6.07) is 59.2. The molecular formula is C57H45N3O2. The number of benzene rings is 6. The third kappa shape index (κ3) is 5.14. The first-order valence-electron chi connectivity index (χ1n) is 22.1. The Labute approximate surface area is 361 Å². The van der Waals surface area contributed by atoms with Crippen LogP contribution in [0.4, 0.5) is 0 Å². The fourth-order valence-corrected chi connectivity index (χ4v) is 12.2. The van der Waals surface area contributed by atoms with Crippen molar-refractivity contribution in [2.24, 2.45) is 0 Å². The van der Waals surface area contributed by atoms with E-state index < -0.39 is 16.2 Å². The van der Waals surface area contributed by atoms with E-state index in [1.54, 1.807) is 0 Å². The lowest BCUT2D eigenvalue weighted by atomic mass is 9.55. The van der Waals surface area contributed by atoms with Crippen LogP contribution in [0.5, 0.6) is 0 Å². The van der Waals surface area contributed by atoms with Crippen molar-refractivity contribution in [3.63, 3.8) is 0 Å². The Morgan fingerprint density at radius 2 is 0.823 bits per heavy atom.